The molecule has 1 atom stereocenters. The highest BCUT2D eigenvalue weighted by Gasteiger charge is 2.42. The zero-order chi connectivity index (χ0) is 7.03. The summed E-state index contributed by atoms with van der Waals surface area (Å²) in [6.45, 7) is 0.757. The first-order chi connectivity index (χ1) is 4.83. The molecule has 1 unspecified atom stereocenters. The molecule has 0 aromatic carbocycles. The van der Waals surface area contributed by atoms with Crippen molar-refractivity contribution in [2.45, 2.75) is 24.9 Å². The van der Waals surface area contributed by atoms with Crippen LogP contribution in [0.1, 0.15) is 19.3 Å². The Hall–Kier alpha value is -0.630. The van der Waals surface area contributed by atoms with Crippen molar-refractivity contribution in [3.8, 4) is 0 Å². The average Bonchev–Trinajstić information content (AvgIpc) is 2.48. The number of hydrogen-bond acceptors (Lipinski definition) is 2. The Kier molecular flexibility index (Phi) is 1.17. The fraction of sp³-hybridized carbons (Fsp3) is 0.625. The molecule has 1 saturated heterocycles. The smallest absolute Gasteiger partial charge is 0.187 e. The molecule has 10 heavy (non-hydrogen) atoms. The maximum absolute atomic E-state index is 11.2. The zero-order valence-electron chi connectivity index (χ0n) is 5.80. The summed E-state index contributed by atoms with van der Waals surface area (Å²) in [5.74, 6) is 0.171. The monoisotopic (exact) mass is 138 g/mol. The summed E-state index contributed by atoms with van der Waals surface area (Å²) in [6, 6.07) is 0. The summed E-state index contributed by atoms with van der Waals surface area (Å²) in [5.41, 5.74) is -0.403. The van der Waals surface area contributed by atoms with Gasteiger partial charge in [0.2, 0.25) is 0 Å². The quantitative estimate of drug-likeness (QED) is 0.500. The molecule has 1 spiro atoms. The fourth-order valence-electron chi connectivity index (χ4n) is 1.66. The van der Waals surface area contributed by atoms with Crippen LogP contribution in [0.3, 0.4) is 0 Å². The molecule has 0 bridgehead atoms. The molecule has 0 N–H and O–H groups in total. The number of hydrogen-bond donors (Lipinski definition) is 0. The van der Waals surface area contributed by atoms with E-state index in [1.807, 2.05) is 6.08 Å². The molecule has 1 aliphatic carbocycles. The minimum Gasteiger partial charge on any atom is -0.367 e. The number of ketones is 1. The van der Waals surface area contributed by atoms with E-state index in [9.17, 15) is 4.79 Å². The van der Waals surface area contributed by atoms with Crippen LogP contribution < -0.4 is 0 Å². The largest absolute Gasteiger partial charge is 0.367 e. The van der Waals surface area contributed by atoms with Gasteiger partial charge in [-0.2, -0.15) is 0 Å². The van der Waals surface area contributed by atoms with E-state index < -0.39 is 5.60 Å². The minimum atomic E-state index is -0.403. The van der Waals surface area contributed by atoms with Gasteiger partial charge in [-0.1, -0.05) is 6.08 Å². The standard InChI is InChI=1S/C8H10O2/c9-7-3-1-4-8(7)5-2-6-10-8/h1,3H,2,4-6H2. The van der Waals surface area contributed by atoms with E-state index in [4.69, 9.17) is 4.74 Å². The molecule has 2 aliphatic rings. The highest BCUT2D eigenvalue weighted by molar-refractivity contribution is 5.99. The third-order valence-corrected chi connectivity index (χ3v) is 2.27. The molecule has 1 aliphatic heterocycles. The van der Waals surface area contributed by atoms with Gasteiger partial charge in [0.25, 0.3) is 0 Å². The summed E-state index contributed by atoms with van der Waals surface area (Å²) < 4.78 is 5.40. The van der Waals surface area contributed by atoms with Crippen LogP contribution in [0.25, 0.3) is 0 Å². The van der Waals surface area contributed by atoms with E-state index in [0.29, 0.717) is 0 Å². The summed E-state index contributed by atoms with van der Waals surface area (Å²) >= 11 is 0. The van der Waals surface area contributed by atoms with Crippen LogP contribution in [-0.2, 0) is 9.53 Å². The molecular weight excluding hydrogens is 128 g/mol. The number of ether oxygens (including phenoxy) is 1. The third-order valence-electron chi connectivity index (χ3n) is 2.27. The van der Waals surface area contributed by atoms with Gasteiger partial charge in [0, 0.05) is 13.0 Å². The van der Waals surface area contributed by atoms with E-state index in [0.717, 1.165) is 25.9 Å². The molecule has 2 rings (SSSR count). The number of rotatable bonds is 0. The van der Waals surface area contributed by atoms with Gasteiger partial charge in [-0.05, 0) is 18.9 Å². The first-order valence-corrected chi connectivity index (χ1v) is 3.68. The third kappa shape index (κ3) is 0.655. The highest BCUT2D eigenvalue weighted by Crippen LogP contribution is 2.34. The molecule has 0 radical (unpaired) electrons. The van der Waals surface area contributed by atoms with E-state index >= 15 is 0 Å². The Morgan fingerprint density at radius 3 is 3.00 bits per heavy atom. The van der Waals surface area contributed by atoms with Gasteiger partial charge in [0.05, 0.1) is 0 Å². The molecule has 2 nitrogen and oxygen atoms in total. The van der Waals surface area contributed by atoms with Crippen molar-refractivity contribution in [2.75, 3.05) is 6.61 Å². The number of carbonyl (C=O) groups excluding carboxylic acids is 1. The lowest BCUT2D eigenvalue weighted by Crippen LogP contribution is -2.32. The lowest BCUT2D eigenvalue weighted by atomic mass is 9.97. The predicted molar refractivity (Wildman–Crippen MR) is 36.7 cm³/mol. The van der Waals surface area contributed by atoms with Gasteiger partial charge in [0.1, 0.15) is 5.60 Å². The van der Waals surface area contributed by atoms with Crippen molar-refractivity contribution in [3.05, 3.63) is 12.2 Å². The lowest BCUT2D eigenvalue weighted by Gasteiger charge is -2.18. The SMILES string of the molecule is O=C1C=CCC12CCCO2. The zero-order valence-corrected chi connectivity index (χ0v) is 5.80. The van der Waals surface area contributed by atoms with Crippen molar-refractivity contribution in [1.82, 2.24) is 0 Å². The topological polar surface area (TPSA) is 26.3 Å². The molecule has 1 heterocycles. The number of carbonyl (C=O) groups is 1. The van der Waals surface area contributed by atoms with Gasteiger partial charge in [-0.25, -0.2) is 0 Å². The first kappa shape index (κ1) is 6.10. The van der Waals surface area contributed by atoms with Gasteiger partial charge < -0.3 is 4.74 Å². The maximum atomic E-state index is 11.2. The second kappa shape index (κ2) is 1.92. The van der Waals surface area contributed by atoms with Crippen molar-refractivity contribution >= 4 is 5.78 Å². The predicted octanol–water partition coefficient (Wildman–Crippen LogP) is 1.06. The molecule has 0 amide bonds. The summed E-state index contributed by atoms with van der Waals surface area (Å²) in [7, 11) is 0. The van der Waals surface area contributed by atoms with Gasteiger partial charge in [-0.3, -0.25) is 4.79 Å². The Labute approximate surface area is 59.9 Å². The molecule has 1 fully saturated rings. The van der Waals surface area contributed by atoms with Gasteiger partial charge in [0.15, 0.2) is 5.78 Å². The lowest BCUT2D eigenvalue weighted by molar-refractivity contribution is -0.131. The Balaban J connectivity index is 2.23. The minimum absolute atomic E-state index is 0.171. The average molecular weight is 138 g/mol. The molecular formula is C8H10O2. The van der Waals surface area contributed by atoms with Crippen LogP contribution in [0.5, 0.6) is 0 Å². The summed E-state index contributed by atoms with van der Waals surface area (Å²) in [4.78, 5) is 11.2. The van der Waals surface area contributed by atoms with Crippen molar-refractivity contribution in [3.63, 3.8) is 0 Å². The van der Waals surface area contributed by atoms with E-state index in [2.05, 4.69) is 0 Å². The summed E-state index contributed by atoms with van der Waals surface area (Å²) in [6.07, 6.45) is 6.30. The Bertz CT molecular complexity index is 187. The fourth-order valence-corrected chi connectivity index (χ4v) is 1.66. The van der Waals surface area contributed by atoms with E-state index in [1.165, 1.54) is 0 Å². The second-order valence-electron chi connectivity index (χ2n) is 2.92. The van der Waals surface area contributed by atoms with Crippen LogP contribution in [0.4, 0.5) is 0 Å². The van der Waals surface area contributed by atoms with Crippen LogP contribution in [0, 0.1) is 0 Å². The molecule has 0 aromatic rings. The van der Waals surface area contributed by atoms with E-state index in [1.54, 1.807) is 6.08 Å². The van der Waals surface area contributed by atoms with Crippen LogP contribution >= 0.6 is 0 Å². The van der Waals surface area contributed by atoms with E-state index in [-0.39, 0.29) is 5.78 Å². The van der Waals surface area contributed by atoms with Gasteiger partial charge in [-0.15, -0.1) is 0 Å². The second-order valence-corrected chi connectivity index (χ2v) is 2.92. The maximum Gasteiger partial charge on any atom is 0.187 e. The van der Waals surface area contributed by atoms with Crippen molar-refractivity contribution < 1.29 is 9.53 Å². The Morgan fingerprint density at radius 2 is 2.50 bits per heavy atom. The summed E-state index contributed by atoms with van der Waals surface area (Å²) in [5, 5.41) is 0. The molecule has 2 heteroatoms. The molecule has 0 saturated carbocycles. The highest BCUT2D eigenvalue weighted by atomic mass is 16.5. The van der Waals surface area contributed by atoms with Gasteiger partial charge >= 0.3 is 0 Å². The molecule has 0 aromatic heterocycles. The van der Waals surface area contributed by atoms with Crippen molar-refractivity contribution in [2.24, 2.45) is 0 Å². The van der Waals surface area contributed by atoms with Crippen molar-refractivity contribution in [1.29, 1.82) is 0 Å². The molecule has 54 valence electrons. The normalized spacial score (nSPS) is 38.2. The van der Waals surface area contributed by atoms with Crippen LogP contribution in [0.2, 0.25) is 0 Å². The van der Waals surface area contributed by atoms with Crippen LogP contribution in [0.15, 0.2) is 12.2 Å². The first-order valence-electron chi connectivity index (χ1n) is 3.68. The Morgan fingerprint density at radius 1 is 1.60 bits per heavy atom. The van der Waals surface area contributed by atoms with Crippen LogP contribution in [-0.4, -0.2) is 18.0 Å².